The first-order chi connectivity index (χ1) is 11.7. The van der Waals surface area contributed by atoms with Crippen LogP contribution in [-0.4, -0.2) is 30.4 Å². The third-order valence-corrected chi connectivity index (χ3v) is 3.20. The number of carbonyl (C=O) groups is 2. The number of allylic oxidation sites excluding steroid dienone is 1. The van der Waals surface area contributed by atoms with Crippen LogP contribution in [0.2, 0.25) is 0 Å². The van der Waals surface area contributed by atoms with Gasteiger partial charge >= 0.3 is 12.1 Å². The highest BCUT2D eigenvalue weighted by molar-refractivity contribution is 5.82. The molecule has 0 amide bonds. The van der Waals surface area contributed by atoms with Gasteiger partial charge in [-0.1, -0.05) is 44.2 Å². The second-order valence-electron chi connectivity index (χ2n) is 6.03. The molecule has 1 N–H and O–H groups in total. The molecule has 0 saturated carbocycles. The zero-order valence-corrected chi connectivity index (χ0v) is 14.9. The maximum atomic E-state index is 11.8. The monoisotopic (exact) mass is 352 g/mol. The molecule has 1 aromatic rings. The smallest absolute Gasteiger partial charge is 0.459 e. The summed E-state index contributed by atoms with van der Waals surface area (Å²) in [5, 5.41) is 8.33. The van der Waals surface area contributed by atoms with Crippen molar-refractivity contribution in [2.45, 2.75) is 33.3 Å². The van der Waals surface area contributed by atoms with Crippen molar-refractivity contribution in [3.8, 4) is 0 Å². The van der Waals surface area contributed by atoms with E-state index < -0.39 is 17.7 Å². The summed E-state index contributed by atoms with van der Waals surface area (Å²) in [6.07, 6.45) is -0.249. The van der Waals surface area contributed by atoms with Gasteiger partial charge < -0.3 is 19.5 Å². The molecule has 0 aliphatic carbocycles. The van der Waals surface area contributed by atoms with Gasteiger partial charge in [0, 0.05) is 5.92 Å². The molecule has 138 valence electrons. The average Bonchev–Trinajstić information content (AvgIpc) is 2.56. The summed E-state index contributed by atoms with van der Waals surface area (Å²) in [5.41, 5.74) is 0.209. The van der Waals surface area contributed by atoms with Crippen molar-refractivity contribution in [1.82, 2.24) is 0 Å². The molecule has 0 unspecified atom stereocenters. The van der Waals surface area contributed by atoms with E-state index in [4.69, 9.17) is 19.6 Å². The van der Waals surface area contributed by atoms with E-state index in [0.29, 0.717) is 5.76 Å². The highest BCUT2D eigenvalue weighted by Gasteiger charge is 2.24. The Kier molecular flexibility index (Phi) is 7.94. The largest absolute Gasteiger partial charge is 0.505 e. The Labute approximate surface area is 147 Å². The third kappa shape index (κ3) is 7.71. The lowest BCUT2D eigenvalue weighted by atomic mass is 9.99. The Balaban J connectivity index is 2.61. The zero-order chi connectivity index (χ0) is 18.9. The highest BCUT2D eigenvalue weighted by atomic mass is 17.2. The maximum Gasteiger partial charge on any atom is 0.505 e. The average molecular weight is 352 g/mol. The summed E-state index contributed by atoms with van der Waals surface area (Å²) in [5.74, 6) is -0.485. The second kappa shape index (κ2) is 9.68. The predicted octanol–water partition coefficient (Wildman–Crippen LogP) is 3.65. The van der Waals surface area contributed by atoms with Crippen LogP contribution in [0.4, 0.5) is 4.79 Å². The van der Waals surface area contributed by atoms with Crippen LogP contribution in [0.15, 0.2) is 42.2 Å². The molecule has 0 fully saturated rings. The van der Waals surface area contributed by atoms with Crippen LogP contribution in [0.5, 0.6) is 0 Å². The maximum absolute atomic E-state index is 11.8. The normalized spacial score (nSPS) is 12.0. The number of hydrogen-bond acceptors (Lipinski definition) is 6. The fourth-order valence-electron chi connectivity index (χ4n) is 1.76. The van der Waals surface area contributed by atoms with Crippen LogP contribution in [-0.2, 0) is 29.6 Å². The van der Waals surface area contributed by atoms with Crippen molar-refractivity contribution >= 4 is 12.1 Å². The van der Waals surface area contributed by atoms with Crippen molar-refractivity contribution in [2.75, 3.05) is 13.2 Å². The molecule has 1 rings (SSSR count). The van der Waals surface area contributed by atoms with Gasteiger partial charge in [0.1, 0.15) is 18.8 Å². The number of benzene rings is 1. The van der Waals surface area contributed by atoms with E-state index in [1.807, 2.05) is 58.0 Å². The quantitative estimate of drug-likeness (QED) is 0.181. The molecule has 0 aliphatic heterocycles. The standard InChI is InChI=1S/C18H24O7/c1-13(2)15(12-16(19)22-10-11-23-17(20)21)24-25-18(3,4)14-8-6-5-7-9-14/h5-9,12-13H,10-11H2,1-4H3,(H,20,21). The summed E-state index contributed by atoms with van der Waals surface area (Å²) in [6.45, 7) is 6.97. The van der Waals surface area contributed by atoms with Gasteiger partial charge in [-0.25, -0.2) is 9.59 Å². The Bertz CT molecular complexity index is 591. The zero-order valence-electron chi connectivity index (χ0n) is 14.9. The van der Waals surface area contributed by atoms with E-state index >= 15 is 0 Å². The minimum absolute atomic E-state index is 0.116. The molecule has 0 aromatic heterocycles. The Morgan fingerprint density at radius 3 is 2.28 bits per heavy atom. The summed E-state index contributed by atoms with van der Waals surface area (Å²) in [7, 11) is 0. The van der Waals surface area contributed by atoms with Crippen molar-refractivity contribution in [3.63, 3.8) is 0 Å². The fourth-order valence-corrected chi connectivity index (χ4v) is 1.76. The molecule has 0 heterocycles. The van der Waals surface area contributed by atoms with Gasteiger partial charge in [-0.05, 0) is 19.4 Å². The second-order valence-corrected chi connectivity index (χ2v) is 6.03. The molecule has 1 aromatic carbocycles. The van der Waals surface area contributed by atoms with E-state index in [0.717, 1.165) is 5.56 Å². The summed E-state index contributed by atoms with van der Waals surface area (Å²) in [6, 6.07) is 9.54. The van der Waals surface area contributed by atoms with Crippen molar-refractivity contribution in [3.05, 3.63) is 47.7 Å². The minimum Gasteiger partial charge on any atom is -0.459 e. The van der Waals surface area contributed by atoms with Crippen LogP contribution in [0, 0.1) is 5.92 Å². The predicted molar refractivity (Wildman–Crippen MR) is 89.5 cm³/mol. The van der Waals surface area contributed by atoms with Crippen molar-refractivity contribution in [1.29, 1.82) is 0 Å². The lowest BCUT2D eigenvalue weighted by Crippen LogP contribution is -2.22. The lowest BCUT2D eigenvalue weighted by molar-refractivity contribution is -0.335. The first kappa shape index (κ1) is 20.5. The molecule has 0 radical (unpaired) electrons. The Morgan fingerprint density at radius 1 is 1.12 bits per heavy atom. The van der Waals surface area contributed by atoms with Crippen LogP contribution in [0.3, 0.4) is 0 Å². The van der Waals surface area contributed by atoms with Gasteiger partial charge in [-0.2, -0.15) is 4.89 Å². The lowest BCUT2D eigenvalue weighted by Gasteiger charge is -2.25. The van der Waals surface area contributed by atoms with Gasteiger partial charge in [0.25, 0.3) is 0 Å². The summed E-state index contributed by atoms with van der Waals surface area (Å²) in [4.78, 5) is 32.8. The molecule has 0 bridgehead atoms. The fraction of sp³-hybridized carbons (Fsp3) is 0.444. The SMILES string of the molecule is CC(C)C(=CC(=O)OCCOC(=O)O)OOC(C)(C)c1ccccc1. The topological polar surface area (TPSA) is 91.3 Å². The number of esters is 1. The molecule has 0 spiro atoms. The molecule has 25 heavy (non-hydrogen) atoms. The number of carboxylic acid groups (broad SMARTS) is 1. The van der Waals surface area contributed by atoms with Crippen LogP contribution in [0.25, 0.3) is 0 Å². The molecule has 7 nitrogen and oxygen atoms in total. The highest BCUT2D eigenvalue weighted by Crippen LogP contribution is 2.26. The Morgan fingerprint density at radius 2 is 1.72 bits per heavy atom. The first-order valence-corrected chi connectivity index (χ1v) is 7.87. The minimum atomic E-state index is -1.42. The van der Waals surface area contributed by atoms with Crippen LogP contribution < -0.4 is 0 Å². The molecule has 0 saturated heterocycles. The summed E-state index contributed by atoms with van der Waals surface area (Å²) < 4.78 is 9.10. The van der Waals surface area contributed by atoms with E-state index in [9.17, 15) is 9.59 Å². The van der Waals surface area contributed by atoms with Crippen LogP contribution >= 0.6 is 0 Å². The van der Waals surface area contributed by atoms with Gasteiger partial charge in [-0.3, -0.25) is 0 Å². The van der Waals surface area contributed by atoms with Crippen molar-refractivity contribution in [2.24, 2.45) is 5.92 Å². The first-order valence-electron chi connectivity index (χ1n) is 7.87. The van der Waals surface area contributed by atoms with E-state index in [2.05, 4.69) is 4.74 Å². The third-order valence-electron chi connectivity index (χ3n) is 3.20. The molecule has 7 heteroatoms. The van der Waals surface area contributed by atoms with Gasteiger partial charge in [0.15, 0.2) is 5.76 Å². The molecule has 0 atom stereocenters. The number of carbonyl (C=O) groups excluding carboxylic acids is 1. The number of rotatable bonds is 9. The Hall–Kier alpha value is -2.54. The number of ether oxygens (including phenoxy) is 2. The summed E-state index contributed by atoms with van der Waals surface area (Å²) >= 11 is 0. The molecular formula is C18H24O7. The van der Waals surface area contributed by atoms with Gasteiger partial charge in [0.05, 0.1) is 6.08 Å². The van der Waals surface area contributed by atoms with Gasteiger partial charge in [0.2, 0.25) is 0 Å². The van der Waals surface area contributed by atoms with Crippen LogP contribution in [0.1, 0.15) is 33.3 Å². The molecular weight excluding hydrogens is 328 g/mol. The van der Waals surface area contributed by atoms with Crippen molar-refractivity contribution < 1.29 is 33.9 Å². The molecule has 0 aliphatic rings. The van der Waals surface area contributed by atoms with Gasteiger partial charge in [-0.15, -0.1) is 0 Å². The number of hydrogen-bond donors (Lipinski definition) is 1. The van der Waals surface area contributed by atoms with E-state index in [1.165, 1.54) is 6.08 Å². The van der Waals surface area contributed by atoms with E-state index in [-0.39, 0.29) is 19.1 Å². The van der Waals surface area contributed by atoms with E-state index in [1.54, 1.807) is 0 Å².